The third kappa shape index (κ3) is 4.49. The SMILES string of the molecule is CCOC(=O)[C@H](CO)c1ccc(OCc2ccccc2)c(OC)c1. The first-order valence-corrected chi connectivity index (χ1v) is 7.81. The van der Waals surface area contributed by atoms with E-state index in [-0.39, 0.29) is 13.2 Å². The number of benzene rings is 2. The third-order valence-corrected chi connectivity index (χ3v) is 3.58. The highest BCUT2D eigenvalue weighted by molar-refractivity contribution is 5.78. The van der Waals surface area contributed by atoms with Gasteiger partial charge in [-0.2, -0.15) is 0 Å². The fourth-order valence-electron chi connectivity index (χ4n) is 2.31. The summed E-state index contributed by atoms with van der Waals surface area (Å²) in [6, 6.07) is 15.0. The van der Waals surface area contributed by atoms with Gasteiger partial charge >= 0.3 is 5.97 Å². The summed E-state index contributed by atoms with van der Waals surface area (Å²) in [7, 11) is 1.53. The number of esters is 1. The van der Waals surface area contributed by atoms with E-state index in [9.17, 15) is 9.90 Å². The summed E-state index contributed by atoms with van der Waals surface area (Å²) >= 11 is 0. The molecule has 0 aliphatic heterocycles. The van der Waals surface area contributed by atoms with E-state index >= 15 is 0 Å². The zero-order valence-electron chi connectivity index (χ0n) is 13.9. The lowest BCUT2D eigenvalue weighted by atomic mass is 9.99. The van der Waals surface area contributed by atoms with Crippen molar-refractivity contribution in [3.8, 4) is 11.5 Å². The predicted octanol–water partition coefficient (Wildman–Crippen LogP) is 2.91. The van der Waals surface area contributed by atoms with E-state index in [1.165, 1.54) is 7.11 Å². The molecule has 2 aromatic rings. The molecule has 1 N–H and O–H groups in total. The molecule has 2 aromatic carbocycles. The standard InChI is InChI=1S/C19H22O5/c1-3-23-19(21)16(12-20)15-9-10-17(18(11-15)22-2)24-13-14-7-5-4-6-8-14/h4-11,16,20H,3,12-13H2,1-2H3/t16-/m1/s1. The van der Waals surface area contributed by atoms with Crippen LogP contribution in [0, 0.1) is 0 Å². The molecule has 0 unspecified atom stereocenters. The second-order valence-electron chi connectivity index (χ2n) is 5.17. The highest BCUT2D eigenvalue weighted by Gasteiger charge is 2.22. The van der Waals surface area contributed by atoms with E-state index < -0.39 is 11.9 Å². The largest absolute Gasteiger partial charge is 0.493 e. The molecule has 0 fully saturated rings. The molecular formula is C19H22O5. The summed E-state index contributed by atoms with van der Waals surface area (Å²) in [5, 5.41) is 9.49. The summed E-state index contributed by atoms with van der Waals surface area (Å²) in [4.78, 5) is 11.9. The minimum Gasteiger partial charge on any atom is -0.493 e. The Labute approximate surface area is 141 Å². The van der Waals surface area contributed by atoms with Crippen LogP contribution in [0.4, 0.5) is 0 Å². The van der Waals surface area contributed by atoms with E-state index in [1.54, 1.807) is 25.1 Å². The van der Waals surface area contributed by atoms with Gasteiger partial charge in [0.2, 0.25) is 0 Å². The van der Waals surface area contributed by atoms with E-state index in [0.29, 0.717) is 23.7 Å². The van der Waals surface area contributed by atoms with Crippen molar-refractivity contribution >= 4 is 5.97 Å². The van der Waals surface area contributed by atoms with E-state index in [1.807, 2.05) is 30.3 Å². The van der Waals surface area contributed by atoms with Crippen LogP contribution in [0.1, 0.15) is 24.0 Å². The van der Waals surface area contributed by atoms with E-state index in [2.05, 4.69) is 0 Å². The lowest BCUT2D eigenvalue weighted by molar-refractivity contribution is -0.145. The molecule has 1 atom stereocenters. The summed E-state index contributed by atoms with van der Waals surface area (Å²) in [5.41, 5.74) is 1.67. The second-order valence-corrected chi connectivity index (χ2v) is 5.17. The Morgan fingerprint density at radius 3 is 2.50 bits per heavy atom. The Kier molecular flexibility index (Phi) is 6.63. The quantitative estimate of drug-likeness (QED) is 0.754. The van der Waals surface area contributed by atoms with Crippen molar-refractivity contribution in [2.75, 3.05) is 20.3 Å². The number of carbonyl (C=O) groups excluding carboxylic acids is 1. The number of methoxy groups -OCH3 is 1. The minimum atomic E-state index is -0.734. The van der Waals surface area contributed by atoms with Crippen LogP contribution in [0.5, 0.6) is 11.5 Å². The van der Waals surface area contributed by atoms with E-state index in [4.69, 9.17) is 14.2 Å². The molecule has 0 aromatic heterocycles. The van der Waals surface area contributed by atoms with Gasteiger partial charge in [0.1, 0.15) is 12.5 Å². The highest BCUT2D eigenvalue weighted by Crippen LogP contribution is 2.32. The molecule has 0 aliphatic rings. The Hall–Kier alpha value is -2.53. The van der Waals surface area contributed by atoms with Crippen molar-refractivity contribution in [3.63, 3.8) is 0 Å². The molecule has 0 spiro atoms. The molecule has 5 heteroatoms. The topological polar surface area (TPSA) is 65.0 Å². The minimum absolute atomic E-state index is 0.269. The van der Waals surface area contributed by atoms with Crippen molar-refractivity contribution in [3.05, 3.63) is 59.7 Å². The molecule has 0 heterocycles. The van der Waals surface area contributed by atoms with Crippen molar-refractivity contribution in [2.24, 2.45) is 0 Å². The van der Waals surface area contributed by atoms with Gasteiger partial charge in [0.25, 0.3) is 0 Å². The molecular weight excluding hydrogens is 308 g/mol. The van der Waals surface area contributed by atoms with Crippen LogP contribution < -0.4 is 9.47 Å². The molecule has 5 nitrogen and oxygen atoms in total. The van der Waals surface area contributed by atoms with Gasteiger partial charge in [-0.1, -0.05) is 36.4 Å². The van der Waals surface area contributed by atoms with Crippen LogP contribution in [0.3, 0.4) is 0 Å². The average molecular weight is 330 g/mol. The maximum atomic E-state index is 11.9. The molecule has 0 radical (unpaired) electrons. The zero-order valence-corrected chi connectivity index (χ0v) is 13.9. The van der Waals surface area contributed by atoms with Crippen molar-refractivity contribution in [1.82, 2.24) is 0 Å². The van der Waals surface area contributed by atoms with Gasteiger partial charge in [-0.25, -0.2) is 0 Å². The van der Waals surface area contributed by atoms with Crippen LogP contribution in [0.25, 0.3) is 0 Å². The molecule has 128 valence electrons. The maximum Gasteiger partial charge on any atom is 0.315 e. The first-order valence-electron chi connectivity index (χ1n) is 7.81. The predicted molar refractivity (Wildman–Crippen MR) is 90.2 cm³/mol. The fourth-order valence-corrected chi connectivity index (χ4v) is 2.31. The number of ether oxygens (including phenoxy) is 3. The van der Waals surface area contributed by atoms with E-state index in [0.717, 1.165) is 5.56 Å². The van der Waals surface area contributed by atoms with Gasteiger partial charge in [0, 0.05) is 0 Å². The molecule has 2 rings (SSSR count). The molecule has 0 bridgehead atoms. The fraction of sp³-hybridized carbons (Fsp3) is 0.316. The Balaban J connectivity index is 2.15. The lowest BCUT2D eigenvalue weighted by Gasteiger charge is -2.16. The Morgan fingerprint density at radius 1 is 1.12 bits per heavy atom. The molecule has 24 heavy (non-hydrogen) atoms. The Morgan fingerprint density at radius 2 is 1.88 bits per heavy atom. The van der Waals surface area contributed by atoms with Crippen LogP contribution in [-0.4, -0.2) is 31.4 Å². The normalized spacial score (nSPS) is 11.6. The van der Waals surface area contributed by atoms with Gasteiger partial charge in [-0.15, -0.1) is 0 Å². The maximum absolute atomic E-state index is 11.9. The van der Waals surface area contributed by atoms with Crippen LogP contribution >= 0.6 is 0 Å². The monoisotopic (exact) mass is 330 g/mol. The van der Waals surface area contributed by atoms with Crippen LogP contribution in [0.15, 0.2) is 48.5 Å². The van der Waals surface area contributed by atoms with Crippen LogP contribution in [0.2, 0.25) is 0 Å². The van der Waals surface area contributed by atoms with Gasteiger partial charge in [0.15, 0.2) is 11.5 Å². The number of hydrogen-bond donors (Lipinski definition) is 1. The van der Waals surface area contributed by atoms with Crippen molar-refractivity contribution < 1.29 is 24.1 Å². The van der Waals surface area contributed by atoms with Gasteiger partial charge in [0.05, 0.1) is 20.3 Å². The van der Waals surface area contributed by atoms with Crippen molar-refractivity contribution in [1.29, 1.82) is 0 Å². The number of carbonyl (C=O) groups is 1. The molecule has 0 saturated heterocycles. The first kappa shape index (κ1) is 17.8. The first-order chi connectivity index (χ1) is 11.7. The number of aliphatic hydroxyl groups excluding tert-OH is 1. The second kappa shape index (κ2) is 8.93. The summed E-state index contributed by atoms with van der Waals surface area (Å²) in [6.45, 7) is 2.09. The van der Waals surface area contributed by atoms with Crippen molar-refractivity contribution in [2.45, 2.75) is 19.4 Å². The number of aliphatic hydroxyl groups is 1. The summed E-state index contributed by atoms with van der Waals surface area (Å²) in [6.07, 6.45) is 0. The molecule has 0 saturated carbocycles. The summed E-state index contributed by atoms with van der Waals surface area (Å²) < 4.78 is 16.1. The average Bonchev–Trinajstić information content (AvgIpc) is 2.62. The zero-order chi connectivity index (χ0) is 17.4. The molecule has 0 amide bonds. The van der Waals surface area contributed by atoms with Gasteiger partial charge < -0.3 is 19.3 Å². The summed E-state index contributed by atoms with van der Waals surface area (Å²) in [5.74, 6) is -0.112. The Bertz CT molecular complexity index is 654. The smallest absolute Gasteiger partial charge is 0.315 e. The third-order valence-electron chi connectivity index (χ3n) is 3.58. The van der Waals surface area contributed by atoms with Crippen LogP contribution in [-0.2, 0) is 16.1 Å². The highest BCUT2D eigenvalue weighted by atomic mass is 16.5. The van der Waals surface area contributed by atoms with Gasteiger partial charge in [-0.05, 0) is 30.2 Å². The number of hydrogen-bond acceptors (Lipinski definition) is 5. The lowest BCUT2D eigenvalue weighted by Crippen LogP contribution is -2.19. The molecule has 0 aliphatic carbocycles. The van der Waals surface area contributed by atoms with Gasteiger partial charge in [-0.3, -0.25) is 4.79 Å². The number of rotatable bonds is 8.